The van der Waals surface area contributed by atoms with Crippen LogP contribution >= 0.6 is 11.3 Å². The van der Waals surface area contributed by atoms with Crippen LogP contribution in [0.25, 0.3) is 75.5 Å². The van der Waals surface area contributed by atoms with Crippen LogP contribution in [0.2, 0.25) is 0 Å². The molecular formula is C34H20S. The Morgan fingerprint density at radius 2 is 1.09 bits per heavy atom. The van der Waals surface area contributed by atoms with Crippen LogP contribution in [0.1, 0.15) is 0 Å². The van der Waals surface area contributed by atoms with Crippen LogP contribution in [-0.4, -0.2) is 0 Å². The van der Waals surface area contributed by atoms with Crippen molar-refractivity contribution in [1.82, 2.24) is 0 Å². The van der Waals surface area contributed by atoms with Crippen LogP contribution in [-0.2, 0) is 0 Å². The van der Waals surface area contributed by atoms with Gasteiger partial charge >= 0.3 is 0 Å². The fourth-order valence-corrected chi connectivity index (χ4v) is 7.06. The summed E-state index contributed by atoms with van der Waals surface area (Å²) >= 11 is 1.89. The van der Waals surface area contributed by atoms with Crippen molar-refractivity contribution in [3.63, 3.8) is 0 Å². The fraction of sp³-hybridized carbons (Fsp3) is 0. The quantitative estimate of drug-likeness (QED) is 0.241. The Hall–Kier alpha value is -4.20. The molecule has 0 N–H and O–H groups in total. The third-order valence-corrected chi connectivity index (χ3v) is 8.62. The minimum Gasteiger partial charge on any atom is -0.135 e. The lowest BCUT2D eigenvalue weighted by Crippen LogP contribution is -1.84. The molecule has 1 aliphatic carbocycles. The lowest BCUT2D eigenvalue weighted by molar-refractivity contribution is 1.63. The van der Waals surface area contributed by atoms with Crippen molar-refractivity contribution >= 4 is 42.3 Å². The Labute approximate surface area is 207 Å². The fourth-order valence-electron chi connectivity index (χ4n) is 5.83. The van der Waals surface area contributed by atoms with Crippen LogP contribution in [0, 0.1) is 0 Å². The summed E-state index contributed by atoms with van der Waals surface area (Å²) in [5.74, 6) is 0. The summed E-state index contributed by atoms with van der Waals surface area (Å²) in [7, 11) is 0. The van der Waals surface area contributed by atoms with Crippen molar-refractivity contribution in [2.45, 2.75) is 0 Å². The van der Waals surface area contributed by atoms with Crippen molar-refractivity contribution < 1.29 is 0 Å². The molecule has 0 spiro atoms. The smallest absolute Gasteiger partial charge is 0.0433 e. The van der Waals surface area contributed by atoms with E-state index in [-0.39, 0.29) is 0 Å². The molecule has 0 unspecified atom stereocenters. The standard InChI is InChI=1S/C34H20S/c1-2-12-27-26(11-1)29-15-6-10-23-19-24(20-31(27)33(23)29)21-8-5-9-22(18-21)25-14-7-16-30-28-13-3-4-17-32(28)35-34(25)30/h1-20H. The Morgan fingerprint density at radius 1 is 0.400 bits per heavy atom. The highest BCUT2D eigenvalue weighted by Gasteiger charge is 2.21. The summed E-state index contributed by atoms with van der Waals surface area (Å²) in [6.45, 7) is 0. The minimum atomic E-state index is 1.26. The molecule has 0 amide bonds. The largest absolute Gasteiger partial charge is 0.135 e. The number of rotatable bonds is 2. The van der Waals surface area contributed by atoms with Crippen molar-refractivity contribution in [2.75, 3.05) is 0 Å². The van der Waals surface area contributed by atoms with E-state index in [1.54, 1.807) is 0 Å². The highest BCUT2D eigenvalue weighted by Crippen LogP contribution is 2.48. The zero-order chi connectivity index (χ0) is 22.9. The summed E-state index contributed by atoms with van der Waals surface area (Å²) in [6.07, 6.45) is 0. The maximum absolute atomic E-state index is 2.39. The number of hydrogen-bond acceptors (Lipinski definition) is 1. The molecule has 7 aromatic rings. The Bertz CT molecular complexity index is 1950. The third-order valence-electron chi connectivity index (χ3n) is 7.40. The maximum Gasteiger partial charge on any atom is 0.0433 e. The van der Waals surface area contributed by atoms with Gasteiger partial charge < -0.3 is 0 Å². The summed E-state index contributed by atoms with van der Waals surface area (Å²) in [5, 5.41) is 5.38. The predicted octanol–water partition coefficient (Wildman–Crippen LogP) is 10.2. The lowest BCUT2D eigenvalue weighted by Gasteiger charge is -2.10. The SMILES string of the molecule is c1cc(-c2cc3c4c(cccc4c2)-c2ccccc2-3)cc(-c2cccc3c2sc2ccccc23)c1. The van der Waals surface area contributed by atoms with E-state index in [2.05, 4.69) is 121 Å². The van der Waals surface area contributed by atoms with E-state index in [4.69, 9.17) is 0 Å². The molecule has 1 aliphatic rings. The first-order valence-electron chi connectivity index (χ1n) is 12.0. The first-order chi connectivity index (χ1) is 17.3. The van der Waals surface area contributed by atoms with Gasteiger partial charge in [0, 0.05) is 20.2 Å². The molecule has 1 aromatic heterocycles. The molecule has 6 aromatic carbocycles. The molecule has 0 radical (unpaired) electrons. The van der Waals surface area contributed by atoms with E-state index in [9.17, 15) is 0 Å². The van der Waals surface area contributed by atoms with Crippen LogP contribution in [0.3, 0.4) is 0 Å². The molecular weight excluding hydrogens is 440 g/mol. The van der Waals surface area contributed by atoms with E-state index in [1.165, 1.54) is 75.5 Å². The average Bonchev–Trinajstić information content (AvgIpc) is 3.46. The molecule has 0 saturated carbocycles. The summed E-state index contributed by atoms with van der Waals surface area (Å²) < 4.78 is 2.71. The van der Waals surface area contributed by atoms with Gasteiger partial charge in [-0.3, -0.25) is 0 Å². The molecule has 0 saturated heterocycles. The van der Waals surface area contributed by atoms with E-state index in [1.807, 2.05) is 11.3 Å². The predicted molar refractivity (Wildman–Crippen MR) is 152 cm³/mol. The van der Waals surface area contributed by atoms with Gasteiger partial charge in [0.25, 0.3) is 0 Å². The molecule has 0 atom stereocenters. The lowest BCUT2D eigenvalue weighted by atomic mass is 9.94. The molecule has 0 fully saturated rings. The van der Waals surface area contributed by atoms with Crippen molar-refractivity contribution in [2.24, 2.45) is 0 Å². The van der Waals surface area contributed by atoms with Crippen molar-refractivity contribution in [3.05, 3.63) is 121 Å². The minimum absolute atomic E-state index is 1.26. The van der Waals surface area contributed by atoms with E-state index >= 15 is 0 Å². The van der Waals surface area contributed by atoms with Gasteiger partial charge in [-0.2, -0.15) is 0 Å². The number of thiophene rings is 1. The van der Waals surface area contributed by atoms with Gasteiger partial charge in [-0.25, -0.2) is 0 Å². The summed E-state index contributed by atoms with van der Waals surface area (Å²) in [6, 6.07) is 44.7. The first-order valence-corrected chi connectivity index (χ1v) is 12.8. The first kappa shape index (κ1) is 19.1. The van der Waals surface area contributed by atoms with Gasteiger partial charge in [0.05, 0.1) is 0 Å². The highest BCUT2D eigenvalue weighted by molar-refractivity contribution is 7.26. The molecule has 1 heterocycles. The van der Waals surface area contributed by atoms with Crippen LogP contribution in [0.5, 0.6) is 0 Å². The molecule has 162 valence electrons. The summed E-state index contributed by atoms with van der Waals surface area (Å²) in [4.78, 5) is 0. The highest BCUT2D eigenvalue weighted by atomic mass is 32.1. The second kappa shape index (κ2) is 7.15. The van der Waals surface area contributed by atoms with Crippen LogP contribution < -0.4 is 0 Å². The number of hydrogen-bond donors (Lipinski definition) is 0. The topological polar surface area (TPSA) is 0 Å². The van der Waals surface area contributed by atoms with Gasteiger partial charge in [-0.15, -0.1) is 11.3 Å². The van der Waals surface area contributed by atoms with Crippen molar-refractivity contribution in [1.29, 1.82) is 0 Å². The number of benzene rings is 6. The molecule has 35 heavy (non-hydrogen) atoms. The molecule has 0 bridgehead atoms. The molecule has 8 rings (SSSR count). The molecule has 0 aliphatic heterocycles. The van der Waals surface area contributed by atoms with E-state index in [0.29, 0.717) is 0 Å². The second-order valence-electron chi connectivity index (χ2n) is 9.33. The van der Waals surface area contributed by atoms with E-state index < -0.39 is 0 Å². The van der Waals surface area contributed by atoms with Gasteiger partial charge in [-0.05, 0) is 79.5 Å². The molecule has 0 nitrogen and oxygen atoms in total. The van der Waals surface area contributed by atoms with Gasteiger partial charge in [-0.1, -0.05) is 97.1 Å². The number of fused-ring (bicyclic) bond motifs is 6. The van der Waals surface area contributed by atoms with E-state index in [0.717, 1.165) is 0 Å². The second-order valence-corrected chi connectivity index (χ2v) is 10.4. The third kappa shape index (κ3) is 2.73. The zero-order valence-electron chi connectivity index (χ0n) is 19.0. The van der Waals surface area contributed by atoms with Gasteiger partial charge in [0.2, 0.25) is 0 Å². The Kier molecular flexibility index (Phi) is 3.91. The normalized spacial score (nSPS) is 12.0. The monoisotopic (exact) mass is 460 g/mol. The molecule has 1 heteroatoms. The van der Waals surface area contributed by atoms with Crippen LogP contribution in [0.4, 0.5) is 0 Å². The average molecular weight is 461 g/mol. The van der Waals surface area contributed by atoms with Gasteiger partial charge in [0.1, 0.15) is 0 Å². The van der Waals surface area contributed by atoms with Crippen molar-refractivity contribution in [3.8, 4) is 44.5 Å². The van der Waals surface area contributed by atoms with Gasteiger partial charge in [0.15, 0.2) is 0 Å². The Morgan fingerprint density at radius 3 is 2.03 bits per heavy atom. The maximum atomic E-state index is 2.39. The summed E-state index contributed by atoms with van der Waals surface area (Å²) in [5.41, 5.74) is 10.5. The zero-order valence-corrected chi connectivity index (χ0v) is 19.8. The Balaban J connectivity index is 1.33. The van der Waals surface area contributed by atoms with Crippen LogP contribution in [0.15, 0.2) is 121 Å².